The molecular weight excluding hydrogens is 463 g/mol. The summed E-state index contributed by atoms with van der Waals surface area (Å²) >= 11 is 0. The van der Waals surface area contributed by atoms with E-state index in [9.17, 15) is 14.5 Å². The summed E-state index contributed by atoms with van der Waals surface area (Å²) in [6.45, 7) is 0.684. The van der Waals surface area contributed by atoms with Gasteiger partial charge in [-0.2, -0.15) is 4.98 Å². The largest absolute Gasteiger partial charge is 0.360 e. The predicted molar refractivity (Wildman–Crippen MR) is 138 cm³/mol. The number of hydrogen-bond donors (Lipinski definition) is 4. The summed E-state index contributed by atoms with van der Waals surface area (Å²) in [7, 11) is 5.61. The zero-order valence-corrected chi connectivity index (χ0v) is 20.2. The van der Waals surface area contributed by atoms with Crippen molar-refractivity contribution in [2.24, 2.45) is 0 Å². The van der Waals surface area contributed by atoms with Crippen LogP contribution in [0.1, 0.15) is 6.42 Å². The average Bonchev–Trinajstić information content (AvgIpc) is 3.50. The van der Waals surface area contributed by atoms with Crippen LogP contribution < -0.4 is 10.6 Å². The van der Waals surface area contributed by atoms with Crippen LogP contribution in [0.3, 0.4) is 0 Å². The molecule has 0 fully saturated rings. The minimum atomic E-state index is -0.994. The predicted octanol–water partition coefficient (Wildman–Crippen LogP) is 3.67. The standard InChI is InChI=1S/C25H27FN8O2/c1-27-25(10-12-33(2)3)9-7-15(13-20(25)34(35)36)30-24-31-22(16-8-11-28-23(16)32-24)17-14-29-19-6-4-5-18(26)21(17)19/h4-9,11,13-14,20,27,29H,10,12H2,1-3H3,(H2,28,30,31,32). The molecule has 4 N–H and O–H groups in total. The lowest BCUT2D eigenvalue weighted by Gasteiger charge is -2.35. The van der Waals surface area contributed by atoms with Crippen molar-refractivity contribution in [1.82, 2.24) is 30.2 Å². The molecule has 4 aromatic rings. The first-order valence-corrected chi connectivity index (χ1v) is 11.6. The number of nitrogens with zero attached hydrogens (tertiary/aromatic N) is 4. The molecule has 0 aliphatic heterocycles. The van der Waals surface area contributed by atoms with Gasteiger partial charge in [0, 0.05) is 50.9 Å². The molecule has 0 saturated heterocycles. The highest BCUT2D eigenvalue weighted by atomic mass is 19.1. The van der Waals surface area contributed by atoms with Gasteiger partial charge >= 0.3 is 0 Å². The van der Waals surface area contributed by atoms with Gasteiger partial charge in [-0.3, -0.25) is 10.1 Å². The molecule has 10 nitrogen and oxygen atoms in total. The number of fused-ring (bicyclic) bond motifs is 2. The summed E-state index contributed by atoms with van der Waals surface area (Å²) in [5.74, 6) is -0.109. The molecule has 1 aliphatic rings. The van der Waals surface area contributed by atoms with Crippen molar-refractivity contribution >= 4 is 27.9 Å². The second-order valence-electron chi connectivity index (χ2n) is 9.15. The number of rotatable bonds is 8. The normalized spacial score (nSPS) is 19.8. The van der Waals surface area contributed by atoms with Gasteiger partial charge in [0.25, 0.3) is 6.04 Å². The number of benzene rings is 1. The zero-order chi connectivity index (χ0) is 25.4. The summed E-state index contributed by atoms with van der Waals surface area (Å²) in [4.78, 5) is 29.2. The van der Waals surface area contributed by atoms with Crippen molar-refractivity contribution in [3.05, 3.63) is 76.5 Å². The van der Waals surface area contributed by atoms with Gasteiger partial charge < -0.3 is 25.5 Å². The molecule has 2 atom stereocenters. The smallest absolute Gasteiger partial charge is 0.254 e. The highest BCUT2D eigenvalue weighted by Gasteiger charge is 2.44. The van der Waals surface area contributed by atoms with Crippen LogP contribution in [0.4, 0.5) is 10.3 Å². The first-order chi connectivity index (χ1) is 17.3. The lowest BCUT2D eigenvalue weighted by Crippen LogP contribution is -2.56. The van der Waals surface area contributed by atoms with Gasteiger partial charge in [-0.15, -0.1) is 0 Å². The van der Waals surface area contributed by atoms with Gasteiger partial charge in [0.1, 0.15) is 17.0 Å². The lowest BCUT2D eigenvalue weighted by molar-refractivity contribution is -0.519. The number of nitrogens with one attached hydrogen (secondary N) is 4. The van der Waals surface area contributed by atoms with Crippen molar-refractivity contribution in [2.45, 2.75) is 18.0 Å². The van der Waals surface area contributed by atoms with Gasteiger partial charge in [0.05, 0.1) is 5.69 Å². The minimum Gasteiger partial charge on any atom is -0.360 e. The number of nitro groups is 1. The van der Waals surface area contributed by atoms with Crippen LogP contribution in [0.15, 0.2) is 60.6 Å². The second kappa shape index (κ2) is 9.17. The molecule has 186 valence electrons. The molecule has 11 heteroatoms. The van der Waals surface area contributed by atoms with E-state index in [1.807, 2.05) is 31.1 Å². The van der Waals surface area contributed by atoms with Crippen molar-refractivity contribution in [3.63, 3.8) is 0 Å². The number of likely N-dealkylation sites (N-methyl/N-ethyl adjacent to an activating group) is 1. The number of halogens is 1. The number of allylic oxidation sites excluding steroid dienone is 1. The topological polar surface area (TPSA) is 128 Å². The number of H-pyrrole nitrogens is 2. The van der Waals surface area contributed by atoms with E-state index in [-0.39, 0.29) is 16.7 Å². The molecule has 3 aromatic heterocycles. The lowest BCUT2D eigenvalue weighted by atomic mass is 9.82. The Hall–Kier alpha value is -4.09. The monoisotopic (exact) mass is 490 g/mol. The fraction of sp³-hybridized carbons (Fsp3) is 0.280. The van der Waals surface area contributed by atoms with Gasteiger partial charge in [-0.1, -0.05) is 12.1 Å². The van der Waals surface area contributed by atoms with Gasteiger partial charge in [0.2, 0.25) is 5.95 Å². The van der Waals surface area contributed by atoms with Gasteiger partial charge in [-0.05, 0) is 58.4 Å². The third-order valence-corrected chi connectivity index (χ3v) is 6.67. The van der Waals surface area contributed by atoms with E-state index < -0.39 is 11.6 Å². The van der Waals surface area contributed by atoms with Crippen molar-refractivity contribution < 1.29 is 9.31 Å². The average molecular weight is 491 g/mol. The Morgan fingerprint density at radius 3 is 2.83 bits per heavy atom. The summed E-state index contributed by atoms with van der Waals surface area (Å²) in [5.41, 5.74) is 2.06. The third kappa shape index (κ3) is 4.12. The van der Waals surface area contributed by atoms with Gasteiger partial charge in [0.15, 0.2) is 0 Å². The van der Waals surface area contributed by atoms with Crippen molar-refractivity contribution in [1.29, 1.82) is 0 Å². The maximum Gasteiger partial charge on any atom is 0.254 e. The van der Waals surface area contributed by atoms with Crippen LogP contribution in [-0.2, 0) is 0 Å². The highest BCUT2D eigenvalue weighted by molar-refractivity contribution is 6.02. The Morgan fingerprint density at radius 1 is 1.25 bits per heavy atom. The summed E-state index contributed by atoms with van der Waals surface area (Å²) < 4.78 is 14.7. The van der Waals surface area contributed by atoms with E-state index in [0.717, 1.165) is 5.39 Å². The summed E-state index contributed by atoms with van der Waals surface area (Å²) in [6, 6.07) is 5.70. The van der Waals surface area contributed by atoms with E-state index in [1.165, 1.54) is 6.07 Å². The van der Waals surface area contributed by atoms with E-state index in [4.69, 9.17) is 4.98 Å². The van der Waals surface area contributed by atoms with E-state index in [0.29, 0.717) is 46.5 Å². The molecule has 36 heavy (non-hydrogen) atoms. The number of aromatic nitrogens is 4. The molecule has 0 radical (unpaired) electrons. The van der Waals surface area contributed by atoms with E-state index in [2.05, 4.69) is 25.6 Å². The number of aromatic amines is 2. The molecule has 1 aromatic carbocycles. The van der Waals surface area contributed by atoms with Crippen LogP contribution in [0.2, 0.25) is 0 Å². The first kappa shape index (κ1) is 23.6. The molecule has 0 bridgehead atoms. The fourth-order valence-electron chi connectivity index (χ4n) is 4.70. The molecule has 3 heterocycles. The van der Waals surface area contributed by atoms with Crippen LogP contribution in [0.5, 0.6) is 0 Å². The molecule has 0 amide bonds. The molecule has 1 aliphatic carbocycles. The van der Waals surface area contributed by atoms with Crippen molar-refractivity contribution in [2.75, 3.05) is 33.0 Å². The second-order valence-corrected chi connectivity index (χ2v) is 9.15. The molecule has 2 unspecified atom stereocenters. The van der Waals surface area contributed by atoms with Crippen LogP contribution in [-0.4, -0.2) is 69.0 Å². The highest BCUT2D eigenvalue weighted by Crippen LogP contribution is 2.34. The Labute approximate surface area is 206 Å². The first-order valence-electron chi connectivity index (χ1n) is 11.6. The summed E-state index contributed by atoms with van der Waals surface area (Å²) in [5, 5.41) is 19.5. The fourth-order valence-corrected chi connectivity index (χ4v) is 4.70. The van der Waals surface area contributed by atoms with Crippen molar-refractivity contribution in [3.8, 4) is 11.3 Å². The maximum atomic E-state index is 14.7. The van der Waals surface area contributed by atoms with Crippen LogP contribution >= 0.6 is 0 Å². The Morgan fingerprint density at radius 2 is 2.08 bits per heavy atom. The van der Waals surface area contributed by atoms with E-state index >= 15 is 0 Å². The molecular formula is C25H27FN8O2. The Balaban J connectivity index is 1.53. The zero-order valence-electron chi connectivity index (χ0n) is 20.2. The molecule has 5 rings (SSSR count). The molecule has 0 spiro atoms. The summed E-state index contributed by atoms with van der Waals surface area (Å²) in [6.07, 6.45) is 9.24. The SMILES string of the molecule is CNC1(CCN(C)C)C=CC(Nc2nc(-c3c[nH]c4cccc(F)c34)c3cc[nH]c3n2)=CC1[N+](=O)[O-]. The third-order valence-electron chi connectivity index (χ3n) is 6.67. The minimum absolute atomic E-state index is 0.244. The Bertz CT molecular complexity index is 1500. The Kier molecular flexibility index (Phi) is 6.02. The number of hydrogen-bond acceptors (Lipinski definition) is 7. The van der Waals surface area contributed by atoms with Gasteiger partial charge in [-0.25, -0.2) is 9.37 Å². The number of anilines is 1. The van der Waals surface area contributed by atoms with E-state index in [1.54, 1.807) is 43.7 Å². The van der Waals surface area contributed by atoms with Crippen LogP contribution in [0.25, 0.3) is 33.2 Å². The quantitative estimate of drug-likeness (QED) is 0.219. The molecule has 0 saturated carbocycles. The maximum absolute atomic E-state index is 14.7. The van der Waals surface area contributed by atoms with Crippen LogP contribution in [0, 0.1) is 15.9 Å².